The van der Waals surface area contributed by atoms with Gasteiger partial charge in [0.05, 0.1) is 39.6 Å². The van der Waals surface area contributed by atoms with E-state index in [2.05, 4.69) is 19.7 Å². The number of hydrogen-bond acceptors (Lipinski definition) is 11. The predicted octanol–water partition coefficient (Wildman–Crippen LogP) is 7.12. The van der Waals surface area contributed by atoms with Gasteiger partial charge in [-0.15, -0.1) is 11.8 Å². The van der Waals surface area contributed by atoms with Crippen LogP contribution >= 0.6 is 11.8 Å². The fourth-order valence-electron chi connectivity index (χ4n) is 8.38. The van der Waals surface area contributed by atoms with Gasteiger partial charge in [-0.2, -0.15) is 18.2 Å². The van der Waals surface area contributed by atoms with E-state index in [4.69, 9.17) is 9.15 Å². The Kier molecular flexibility index (Phi) is 10.6. The number of ketones is 1. The quantitative estimate of drug-likeness (QED) is 0.145. The number of ether oxygens (including phenoxy) is 1. The van der Waals surface area contributed by atoms with Crippen molar-refractivity contribution in [1.82, 2.24) is 19.6 Å². The Morgan fingerprint density at radius 2 is 1.78 bits per heavy atom. The third-order valence-corrected chi connectivity index (χ3v) is 14.9. The molecule has 4 aromatic rings. The van der Waals surface area contributed by atoms with Crippen molar-refractivity contribution in [2.75, 3.05) is 12.3 Å². The Hall–Kier alpha value is -4.84. The molecule has 18 heteroatoms. The molecule has 13 nitrogen and oxygen atoms in total. The molecular formula is C42H44F3N5O8S2. The molecule has 60 heavy (non-hydrogen) atoms. The molecule has 3 amide bonds. The van der Waals surface area contributed by atoms with Crippen molar-refractivity contribution in [3.63, 3.8) is 0 Å². The Morgan fingerprint density at radius 1 is 1.07 bits per heavy atom. The number of nitrogens with one attached hydrogen (secondary N) is 1. The van der Waals surface area contributed by atoms with Crippen LogP contribution in [0.15, 0.2) is 57.9 Å². The van der Waals surface area contributed by atoms with Crippen LogP contribution in [0.3, 0.4) is 0 Å². The number of aliphatic imine (C=N–C) groups is 1. The maximum Gasteiger partial charge on any atom is 0.416 e. The molecule has 1 N–H and O–H groups in total. The summed E-state index contributed by atoms with van der Waals surface area (Å²) in [5.74, 6) is -2.60. The molecule has 318 valence electrons. The summed E-state index contributed by atoms with van der Waals surface area (Å²) in [5.41, 5.74) is -1.53. The summed E-state index contributed by atoms with van der Waals surface area (Å²) in [5, 5.41) is 0.481. The summed E-state index contributed by atoms with van der Waals surface area (Å²) in [4.78, 5) is 70.1. The number of rotatable bonds is 13. The van der Waals surface area contributed by atoms with Crippen LogP contribution in [-0.2, 0) is 35.4 Å². The number of nitrogens with zero attached hydrogens (tertiary/aromatic N) is 4. The van der Waals surface area contributed by atoms with Crippen LogP contribution in [0.2, 0.25) is 0 Å². The van der Waals surface area contributed by atoms with Gasteiger partial charge >= 0.3 is 6.18 Å². The molecule has 4 heterocycles. The minimum absolute atomic E-state index is 0.0220. The zero-order valence-corrected chi connectivity index (χ0v) is 35.0. The minimum Gasteiger partial charge on any atom is -0.470 e. The van der Waals surface area contributed by atoms with Gasteiger partial charge in [0.15, 0.2) is 11.6 Å². The van der Waals surface area contributed by atoms with Crippen LogP contribution in [0, 0.1) is 22.7 Å². The number of thioether (sulfide) groups is 1. The number of fused-ring (bicyclic) bond motifs is 3. The number of para-hydroxylation sites is 1. The Morgan fingerprint density at radius 3 is 2.40 bits per heavy atom. The number of Topliss-reactive ketones (excluding diaryl/α,β-unsaturated/α-hetero) is 1. The number of hydrogen-bond donors (Lipinski definition) is 1. The number of alkyl halides is 3. The molecule has 3 fully saturated rings. The summed E-state index contributed by atoms with van der Waals surface area (Å²) >= 11 is 1.27. The highest BCUT2D eigenvalue weighted by molar-refractivity contribution is 8.15. The van der Waals surface area contributed by atoms with E-state index in [-0.39, 0.29) is 72.1 Å². The van der Waals surface area contributed by atoms with E-state index in [9.17, 15) is 40.8 Å². The third kappa shape index (κ3) is 8.16. The Labute approximate surface area is 348 Å². The number of benzene rings is 2. The van der Waals surface area contributed by atoms with E-state index in [1.165, 1.54) is 28.8 Å². The zero-order chi connectivity index (χ0) is 42.9. The third-order valence-electron chi connectivity index (χ3n) is 12.1. The van der Waals surface area contributed by atoms with Crippen LogP contribution in [0.1, 0.15) is 78.2 Å². The van der Waals surface area contributed by atoms with Gasteiger partial charge in [0.25, 0.3) is 11.8 Å². The van der Waals surface area contributed by atoms with Crippen LogP contribution in [0.4, 0.5) is 13.2 Å². The molecule has 4 aliphatic rings. The van der Waals surface area contributed by atoms with Crippen molar-refractivity contribution in [3.8, 4) is 17.3 Å². The van der Waals surface area contributed by atoms with Crippen molar-refractivity contribution in [3.05, 3.63) is 54.1 Å². The molecule has 2 aliphatic carbocycles. The smallest absolute Gasteiger partial charge is 0.416 e. The summed E-state index contributed by atoms with van der Waals surface area (Å²) in [7, 11) is -3.89. The average Bonchev–Trinajstić information content (AvgIpc) is 4.04. The summed E-state index contributed by atoms with van der Waals surface area (Å²) < 4.78 is 81.0. The van der Waals surface area contributed by atoms with Gasteiger partial charge in [-0.3, -0.25) is 23.9 Å². The highest BCUT2D eigenvalue weighted by Gasteiger charge is 2.62. The van der Waals surface area contributed by atoms with Gasteiger partial charge in [0.2, 0.25) is 27.4 Å². The van der Waals surface area contributed by atoms with E-state index in [0.717, 1.165) is 12.1 Å². The van der Waals surface area contributed by atoms with E-state index in [0.29, 0.717) is 47.2 Å². The lowest BCUT2D eigenvalue weighted by molar-refractivity contribution is -0.144. The fraction of sp³-hybridized carbons (Fsp3) is 0.500. The fourth-order valence-corrected chi connectivity index (χ4v) is 10.6. The monoisotopic (exact) mass is 867 g/mol. The number of amides is 3. The number of sulfonamides is 1. The molecule has 8 rings (SSSR count). The Bertz CT molecular complexity index is 2550. The van der Waals surface area contributed by atoms with E-state index in [1.807, 2.05) is 27.7 Å². The first-order chi connectivity index (χ1) is 28.3. The molecule has 2 saturated carbocycles. The average molecular weight is 868 g/mol. The molecule has 0 radical (unpaired) electrons. The maximum absolute atomic E-state index is 14.8. The first kappa shape index (κ1) is 41.9. The van der Waals surface area contributed by atoms with Crippen LogP contribution in [-0.4, -0.2) is 81.5 Å². The molecule has 2 aromatic heterocycles. The van der Waals surface area contributed by atoms with Gasteiger partial charge in [0.1, 0.15) is 17.2 Å². The van der Waals surface area contributed by atoms with Crippen LogP contribution in [0.25, 0.3) is 33.5 Å². The number of carbonyl (C=O) groups is 4. The molecule has 0 bridgehead atoms. The second-order valence-electron chi connectivity index (χ2n) is 17.3. The van der Waals surface area contributed by atoms with E-state index < -0.39 is 67.6 Å². The molecular weight excluding hydrogens is 824 g/mol. The van der Waals surface area contributed by atoms with Crippen molar-refractivity contribution >= 4 is 72.4 Å². The SMILES string of the molecule is CC[C@@H]1C[C@]1(CC(=O)[C@@H]1C[C@@H](Oc2nc(-c3ccc(C(F)(F)F)cc3)nc3c2oc2ccccc23)CN1C(=O)[C@@H](CC1=NC(=O)CS1)C(C)(C)C)C(=O)NS(=O)(=O)C1CC1. The van der Waals surface area contributed by atoms with Crippen LogP contribution in [0.5, 0.6) is 5.88 Å². The maximum atomic E-state index is 14.8. The number of carbonyl (C=O) groups excluding carboxylic acids is 4. The lowest BCUT2D eigenvalue weighted by atomic mass is 9.77. The van der Waals surface area contributed by atoms with Crippen molar-refractivity contribution in [2.45, 2.75) is 96.2 Å². The van der Waals surface area contributed by atoms with E-state index in [1.54, 1.807) is 24.3 Å². The van der Waals surface area contributed by atoms with Gasteiger partial charge in [-0.1, -0.05) is 58.4 Å². The summed E-state index contributed by atoms with van der Waals surface area (Å²) in [6, 6.07) is 10.3. The first-order valence-corrected chi connectivity index (χ1v) is 22.5. The molecule has 0 unspecified atom stereocenters. The number of halogens is 3. The zero-order valence-electron chi connectivity index (χ0n) is 33.4. The topological polar surface area (TPSA) is 178 Å². The molecule has 1 saturated heterocycles. The van der Waals surface area contributed by atoms with Gasteiger partial charge < -0.3 is 14.1 Å². The first-order valence-electron chi connectivity index (χ1n) is 19.9. The minimum atomic E-state index is -4.56. The van der Waals surface area contributed by atoms with Gasteiger partial charge in [0, 0.05) is 36.1 Å². The van der Waals surface area contributed by atoms with Gasteiger partial charge in [-0.25, -0.2) is 18.4 Å². The van der Waals surface area contributed by atoms with Crippen molar-refractivity contribution in [2.24, 2.45) is 27.7 Å². The molecule has 2 aliphatic heterocycles. The van der Waals surface area contributed by atoms with Crippen LogP contribution < -0.4 is 9.46 Å². The number of furan rings is 1. The lowest BCUT2D eigenvalue weighted by Crippen LogP contribution is -2.48. The number of likely N-dealkylation sites (tertiary alicyclic amines) is 1. The molecule has 2 aromatic carbocycles. The van der Waals surface area contributed by atoms with E-state index >= 15 is 0 Å². The second-order valence-corrected chi connectivity index (χ2v) is 20.3. The van der Waals surface area contributed by atoms with Gasteiger partial charge in [-0.05, 0) is 54.9 Å². The van der Waals surface area contributed by atoms with Crippen molar-refractivity contribution < 1.29 is 49.9 Å². The predicted molar refractivity (Wildman–Crippen MR) is 217 cm³/mol. The second kappa shape index (κ2) is 15.3. The standard InChI is InChI=1S/C42H44F3N5O8S2/c1-5-23-18-41(23,39(54)49-60(55,56)26-14-15-26)19-30(51)29-16-25(20-50(29)38(53)28(40(2,3)4)17-33-46-32(52)21-59-33)57-37-35-34(27-8-6-7-9-31(27)58-35)47-36(48-37)22-10-12-24(13-11-22)42(43,44)45/h6-13,23,25-26,28-29H,5,14-21H2,1-4H3,(H,49,54)/t23-,25-,28-,29+,41-/m1/s1. The number of aromatic nitrogens is 2. The van der Waals surface area contributed by atoms with Crippen molar-refractivity contribution in [1.29, 1.82) is 0 Å². The molecule has 0 spiro atoms. The summed E-state index contributed by atoms with van der Waals surface area (Å²) in [6.45, 7) is 7.44. The highest BCUT2D eigenvalue weighted by Crippen LogP contribution is 2.58. The largest absolute Gasteiger partial charge is 0.470 e. The lowest BCUT2D eigenvalue weighted by Gasteiger charge is -2.35. The summed E-state index contributed by atoms with van der Waals surface area (Å²) in [6.07, 6.45) is -3.81. The molecule has 5 atom stereocenters. The normalized spacial score (nSPS) is 23.9. The Balaban J connectivity index is 1.14. The highest BCUT2D eigenvalue weighted by atomic mass is 32.2.